The van der Waals surface area contributed by atoms with E-state index in [0.717, 1.165) is 11.3 Å². The molecule has 5 nitrogen and oxygen atoms in total. The van der Waals surface area contributed by atoms with Crippen LogP contribution in [0.4, 0.5) is 0 Å². The maximum atomic E-state index is 11.9. The van der Waals surface area contributed by atoms with Gasteiger partial charge in [0.15, 0.2) is 4.93 Å². The van der Waals surface area contributed by atoms with E-state index in [0.29, 0.717) is 12.8 Å². The standard InChI is InChI=1S/C37H42O5S/c1-26(28-15-9-6-10-16-28)31-23-32(27(2)29-17-11-7-12-18-29)35-33(24-31)34(30-19-13-8-14-20-30)25-37(5,42-35)21-22-41-36(3,4)43(38,39)40/h6-20,23-24,26-27,34H,21-22,25H2,1-5H3,(H,38,39,40). The topological polar surface area (TPSA) is 72.8 Å². The van der Waals surface area contributed by atoms with Crippen molar-refractivity contribution in [2.45, 2.75) is 75.7 Å². The van der Waals surface area contributed by atoms with Crippen molar-refractivity contribution in [2.75, 3.05) is 6.61 Å². The first kappa shape index (κ1) is 31.0. The van der Waals surface area contributed by atoms with Gasteiger partial charge < -0.3 is 9.47 Å². The lowest BCUT2D eigenvalue weighted by atomic mass is 9.75. The van der Waals surface area contributed by atoms with Crippen LogP contribution in [0.3, 0.4) is 0 Å². The molecular weight excluding hydrogens is 556 g/mol. The van der Waals surface area contributed by atoms with E-state index in [4.69, 9.17) is 9.47 Å². The Morgan fingerprint density at radius 1 is 0.860 bits per heavy atom. The average Bonchev–Trinajstić information content (AvgIpc) is 3.00. The summed E-state index contributed by atoms with van der Waals surface area (Å²) in [5.74, 6) is 1.21. The lowest BCUT2D eigenvalue weighted by Crippen LogP contribution is -2.42. The number of benzene rings is 4. The van der Waals surface area contributed by atoms with Gasteiger partial charge in [-0.3, -0.25) is 4.55 Å². The lowest BCUT2D eigenvalue weighted by Gasteiger charge is -2.42. The molecule has 0 fully saturated rings. The quantitative estimate of drug-likeness (QED) is 0.185. The summed E-state index contributed by atoms with van der Waals surface area (Å²) in [5.41, 5.74) is 6.58. The zero-order valence-electron chi connectivity index (χ0n) is 25.7. The van der Waals surface area contributed by atoms with E-state index in [9.17, 15) is 13.0 Å². The molecule has 0 saturated carbocycles. The van der Waals surface area contributed by atoms with Gasteiger partial charge in [-0.05, 0) is 49.4 Å². The highest BCUT2D eigenvalue weighted by atomic mass is 32.2. The lowest BCUT2D eigenvalue weighted by molar-refractivity contribution is -0.0173. The van der Waals surface area contributed by atoms with Gasteiger partial charge in [-0.25, -0.2) is 0 Å². The second-order valence-corrected chi connectivity index (χ2v) is 14.4. The Labute approximate surface area is 256 Å². The molecule has 0 spiro atoms. The minimum atomic E-state index is -4.38. The number of ether oxygens (including phenoxy) is 2. The Hall–Kier alpha value is -3.45. The van der Waals surface area contributed by atoms with Crippen molar-refractivity contribution in [3.63, 3.8) is 0 Å². The summed E-state index contributed by atoms with van der Waals surface area (Å²) in [7, 11) is -4.38. The molecular formula is C37H42O5S. The van der Waals surface area contributed by atoms with E-state index in [1.165, 1.54) is 41.7 Å². The van der Waals surface area contributed by atoms with Gasteiger partial charge >= 0.3 is 0 Å². The summed E-state index contributed by atoms with van der Waals surface area (Å²) in [4.78, 5) is -1.70. The van der Waals surface area contributed by atoms with Crippen molar-refractivity contribution in [3.8, 4) is 5.75 Å². The largest absolute Gasteiger partial charge is 0.487 e. The fourth-order valence-electron chi connectivity index (χ4n) is 6.06. The summed E-state index contributed by atoms with van der Waals surface area (Å²) in [6.07, 6.45) is 1.15. The molecule has 43 heavy (non-hydrogen) atoms. The minimum Gasteiger partial charge on any atom is -0.487 e. The van der Waals surface area contributed by atoms with Gasteiger partial charge in [0, 0.05) is 35.3 Å². The van der Waals surface area contributed by atoms with Crippen molar-refractivity contribution < 1.29 is 22.4 Å². The zero-order chi connectivity index (χ0) is 30.8. The molecule has 6 heteroatoms. The van der Waals surface area contributed by atoms with E-state index in [1.54, 1.807) is 0 Å². The Balaban J connectivity index is 1.62. The van der Waals surface area contributed by atoms with Crippen LogP contribution in [-0.2, 0) is 14.9 Å². The molecule has 4 aromatic carbocycles. The monoisotopic (exact) mass is 598 g/mol. The molecule has 1 heterocycles. The Kier molecular flexibility index (Phi) is 8.85. The predicted molar refractivity (Wildman–Crippen MR) is 172 cm³/mol. The number of hydrogen-bond acceptors (Lipinski definition) is 4. The van der Waals surface area contributed by atoms with Gasteiger partial charge in [-0.15, -0.1) is 0 Å². The summed E-state index contributed by atoms with van der Waals surface area (Å²) in [6.45, 7) is 9.41. The molecule has 0 bridgehead atoms. The molecule has 226 valence electrons. The van der Waals surface area contributed by atoms with Gasteiger partial charge in [-0.1, -0.05) is 117 Å². The van der Waals surface area contributed by atoms with Crippen molar-refractivity contribution in [3.05, 3.63) is 137 Å². The summed E-state index contributed by atoms with van der Waals surface area (Å²) in [6, 6.07) is 36.2. The van der Waals surface area contributed by atoms with Crippen LogP contribution in [0.1, 0.15) is 98.6 Å². The number of rotatable bonds is 10. The second-order valence-electron chi connectivity index (χ2n) is 12.5. The van der Waals surface area contributed by atoms with Gasteiger partial charge in [0.05, 0.1) is 6.61 Å². The minimum absolute atomic E-state index is 0.0641. The van der Waals surface area contributed by atoms with Crippen molar-refractivity contribution in [1.82, 2.24) is 0 Å². The molecule has 1 aliphatic heterocycles. The highest BCUT2D eigenvalue weighted by molar-refractivity contribution is 7.87. The molecule has 0 aromatic heterocycles. The maximum absolute atomic E-state index is 11.9. The molecule has 4 atom stereocenters. The summed E-state index contributed by atoms with van der Waals surface area (Å²) < 4.78 is 46.1. The summed E-state index contributed by atoms with van der Waals surface area (Å²) in [5, 5.41) is 0. The molecule has 4 unspecified atom stereocenters. The van der Waals surface area contributed by atoms with Gasteiger partial charge in [0.2, 0.25) is 0 Å². The van der Waals surface area contributed by atoms with Crippen molar-refractivity contribution >= 4 is 10.1 Å². The predicted octanol–water partition coefficient (Wildman–Crippen LogP) is 8.69. The van der Waals surface area contributed by atoms with Crippen LogP contribution in [0, 0.1) is 0 Å². The normalized spacial score (nSPS) is 20.1. The first-order valence-electron chi connectivity index (χ1n) is 15.0. The van der Waals surface area contributed by atoms with Crippen LogP contribution in [0.25, 0.3) is 0 Å². The van der Waals surface area contributed by atoms with E-state index >= 15 is 0 Å². The van der Waals surface area contributed by atoms with E-state index in [-0.39, 0.29) is 24.4 Å². The van der Waals surface area contributed by atoms with E-state index in [2.05, 4.69) is 106 Å². The average molecular weight is 599 g/mol. The molecule has 1 aliphatic rings. The molecule has 0 amide bonds. The first-order valence-corrected chi connectivity index (χ1v) is 16.5. The molecule has 4 aromatic rings. The number of hydrogen-bond donors (Lipinski definition) is 1. The molecule has 0 aliphatic carbocycles. The van der Waals surface area contributed by atoms with E-state index in [1.807, 2.05) is 18.2 Å². The van der Waals surface area contributed by atoms with Crippen LogP contribution < -0.4 is 4.74 Å². The smallest absolute Gasteiger partial charge is 0.294 e. The van der Waals surface area contributed by atoms with Gasteiger partial charge in [-0.2, -0.15) is 8.42 Å². The van der Waals surface area contributed by atoms with Crippen molar-refractivity contribution in [2.24, 2.45) is 0 Å². The van der Waals surface area contributed by atoms with Crippen LogP contribution in [0.2, 0.25) is 0 Å². The SMILES string of the molecule is CC(c1ccccc1)c1cc(C(C)c2ccccc2)c2c(c1)C(c1ccccc1)CC(C)(CCOC(C)(C)S(=O)(=O)O)O2. The van der Waals surface area contributed by atoms with Crippen LogP contribution in [0.15, 0.2) is 103 Å². The molecule has 0 saturated heterocycles. The third-order valence-electron chi connectivity index (χ3n) is 9.00. The Morgan fingerprint density at radius 2 is 1.40 bits per heavy atom. The Bertz CT molecular complexity index is 1620. The van der Waals surface area contributed by atoms with Crippen LogP contribution in [-0.4, -0.2) is 30.1 Å². The maximum Gasteiger partial charge on any atom is 0.294 e. The molecule has 1 N–H and O–H groups in total. The first-order chi connectivity index (χ1) is 20.4. The zero-order valence-corrected chi connectivity index (χ0v) is 26.5. The third-order valence-corrected chi connectivity index (χ3v) is 10.4. The van der Waals surface area contributed by atoms with Crippen LogP contribution >= 0.6 is 0 Å². The fourth-order valence-corrected chi connectivity index (χ4v) is 6.29. The van der Waals surface area contributed by atoms with E-state index < -0.39 is 20.7 Å². The van der Waals surface area contributed by atoms with Crippen LogP contribution in [0.5, 0.6) is 5.75 Å². The highest BCUT2D eigenvalue weighted by Crippen LogP contribution is 2.50. The van der Waals surface area contributed by atoms with Gasteiger partial charge in [0.1, 0.15) is 11.4 Å². The third kappa shape index (κ3) is 6.72. The van der Waals surface area contributed by atoms with Crippen molar-refractivity contribution in [1.29, 1.82) is 0 Å². The fraction of sp³-hybridized carbons (Fsp3) is 0.351. The Morgan fingerprint density at radius 3 is 1.95 bits per heavy atom. The highest BCUT2D eigenvalue weighted by Gasteiger charge is 2.41. The second kappa shape index (κ2) is 12.3. The van der Waals surface area contributed by atoms with Gasteiger partial charge in [0.25, 0.3) is 10.1 Å². The molecule has 5 rings (SSSR count). The molecule has 0 radical (unpaired) electrons. The number of fused-ring (bicyclic) bond motifs is 1. The summed E-state index contributed by atoms with van der Waals surface area (Å²) >= 11 is 0.